The Hall–Kier alpha value is -2.91. The minimum Gasteiger partial charge on any atom is -0.492 e. The zero-order valence-corrected chi connectivity index (χ0v) is 19.0. The van der Waals surface area contributed by atoms with Gasteiger partial charge in [-0.05, 0) is 67.2 Å². The van der Waals surface area contributed by atoms with E-state index in [1.54, 1.807) is 18.2 Å². The number of nitrogens with one attached hydrogen (secondary N) is 1. The molecule has 9 heteroatoms. The highest BCUT2D eigenvalue weighted by Gasteiger charge is 2.45. The Balaban J connectivity index is 1.49. The molecule has 0 aromatic heterocycles. The van der Waals surface area contributed by atoms with Crippen molar-refractivity contribution in [3.05, 3.63) is 58.9 Å². The minimum absolute atomic E-state index is 0.0564. The Morgan fingerprint density at radius 2 is 2.12 bits per heavy atom. The zero-order valence-electron chi connectivity index (χ0n) is 18.2. The summed E-state index contributed by atoms with van der Waals surface area (Å²) in [7, 11) is -2.90. The maximum Gasteiger partial charge on any atom is 0.343 e. The Kier molecular flexibility index (Phi) is 5.62. The van der Waals surface area contributed by atoms with Gasteiger partial charge in [-0.1, -0.05) is 18.2 Å². The molecular weight excluding hydrogens is 447 g/mol. The first-order valence-corrected chi connectivity index (χ1v) is 12.4. The van der Waals surface area contributed by atoms with E-state index in [-0.39, 0.29) is 21.7 Å². The zero-order chi connectivity index (χ0) is 23.2. The number of carbonyl (C=O) groups is 1. The minimum atomic E-state index is -4.14. The largest absolute Gasteiger partial charge is 0.492 e. The molecule has 1 N–H and O–H groups in total. The molecule has 33 heavy (non-hydrogen) atoms. The lowest BCUT2D eigenvalue weighted by Crippen LogP contribution is -2.36. The van der Waals surface area contributed by atoms with Crippen LogP contribution in [0, 0.1) is 11.7 Å². The van der Waals surface area contributed by atoms with Crippen LogP contribution >= 0.6 is 0 Å². The molecule has 0 bridgehead atoms. The topological polar surface area (TPSA) is 84.9 Å². The predicted octanol–water partition coefficient (Wildman–Crippen LogP) is 3.63. The van der Waals surface area contributed by atoms with Gasteiger partial charge in [0, 0.05) is 12.5 Å². The Morgan fingerprint density at radius 3 is 2.85 bits per heavy atom. The number of hydrogen-bond acceptors (Lipinski definition) is 6. The molecule has 0 radical (unpaired) electrons. The van der Waals surface area contributed by atoms with Crippen LogP contribution in [-0.2, 0) is 14.8 Å². The van der Waals surface area contributed by atoms with Gasteiger partial charge in [0.05, 0.1) is 24.3 Å². The number of nitrogens with zero attached hydrogens (tertiary/aromatic N) is 1. The molecule has 0 spiro atoms. The number of rotatable bonds is 7. The molecule has 1 saturated heterocycles. The first kappa shape index (κ1) is 21.9. The third-order valence-corrected chi connectivity index (χ3v) is 7.90. The highest BCUT2D eigenvalue weighted by Crippen LogP contribution is 2.55. The average molecular weight is 473 g/mol. The Bertz CT molecular complexity index is 1240. The van der Waals surface area contributed by atoms with E-state index in [2.05, 4.69) is 9.62 Å². The van der Waals surface area contributed by atoms with Crippen LogP contribution in [0.2, 0.25) is 0 Å². The second kappa shape index (κ2) is 8.46. The standard InChI is InChI=1S/C24H25FN2O5S/c1-31-24(28)22-20(7-6-18-19-13-16(19)14-32-23(18)22)26-33(29,30)21-8-5-17(25)12-15(21)4-2-9-27-10-3-11-27/h2,4-8,12,16,19,26H,3,9-11,13-14H2,1H3. The number of esters is 1. The van der Waals surface area contributed by atoms with E-state index in [0.29, 0.717) is 30.7 Å². The molecule has 0 amide bonds. The van der Waals surface area contributed by atoms with E-state index in [1.807, 2.05) is 6.08 Å². The second-order valence-electron chi connectivity index (χ2n) is 8.66. The molecule has 2 fully saturated rings. The van der Waals surface area contributed by atoms with E-state index >= 15 is 0 Å². The van der Waals surface area contributed by atoms with Gasteiger partial charge >= 0.3 is 5.97 Å². The summed E-state index contributed by atoms with van der Waals surface area (Å²) in [6.07, 6.45) is 5.57. The summed E-state index contributed by atoms with van der Waals surface area (Å²) in [4.78, 5) is 14.7. The van der Waals surface area contributed by atoms with Crippen LogP contribution in [0.25, 0.3) is 6.08 Å². The molecule has 3 aliphatic rings. The first-order valence-electron chi connectivity index (χ1n) is 11.0. The molecule has 2 atom stereocenters. The normalized spacial score (nSPS) is 21.5. The quantitative estimate of drug-likeness (QED) is 0.620. The number of ether oxygens (including phenoxy) is 2. The number of anilines is 1. The summed E-state index contributed by atoms with van der Waals surface area (Å²) in [6.45, 7) is 3.15. The summed E-state index contributed by atoms with van der Waals surface area (Å²) < 4.78 is 53.8. The second-order valence-corrected chi connectivity index (χ2v) is 10.3. The molecular formula is C24H25FN2O5S. The van der Waals surface area contributed by atoms with Gasteiger partial charge in [-0.25, -0.2) is 17.6 Å². The number of sulfonamides is 1. The van der Waals surface area contributed by atoms with Crippen molar-refractivity contribution in [1.82, 2.24) is 4.90 Å². The number of fused-ring (bicyclic) bond motifs is 3. The van der Waals surface area contributed by atoms with Crippen LogP contribution in [0.15, 0.2) is 41.3 Å². The molecule has 174 valence electrons. The van der Waals surface area contributed by atoms with Crippen LogP contribution in [0.4, 0.5) is 10.1 Å². The van der Waals surface area contributed by atoms with Crippen molar-refractivity contribution < 1.29 is 27.1 Å². The van der Waals surface area contributed by atoms with Gasteiger partial charge in [0.15, 0.2) is 0 Å². The van der Waals surface area contributed by atoms with Crippen molar-refractivity contribution in [2.24, 2.45) is 5.92 Å². The number of likely N-dealkylation sites (tertiary alicyclic amines) is 1. The summed E-state index contributed by atoms with van der Waals surface area (Å²) in [6, 6.07) is 6.87. The fourth-order valence-corrected chi connectivity index (χ4v) is 5.68. The van der Waals surface area contributed by atoms with E-state index in [0.717, 1.165) is 37.6 Å². The van der Waals surface area contributed by atoms with Crippen LogP contribution in [0.3, 0.4) is 0 Å². The van der Waals surface area contributed by atoms with Gasteiger partial charge in [0.1, 0.15) is 17.1 Å². The fraction of sp³-hybridized carbons (Fsp3) is 0.375. The van der Waals surface area contributed by atoms with Gasteiger partial charge in [0.25, 0.3) is 10.0 Å². The van der Waals surface area contributed by atoms with Crippen molar-refractivity contribution in [3.8, 4) is 5.75 Å². The van der Waals surface area contributed by atoms with E-state index in [4.69, 9.17) is 9.47 Å². The van der Waals surface area contributed by atoms with Crippen molar-refractivity contribution in [2.45, 2.75) is 23.7 Å². The lowest BCUT2D eigenvalue weighted by atomic mass is 10.0. The van der Waals surface area contributed by atoms with Crippen LogP contribution in [-0.4, -0.2) is 52.6 Å². The average Bonchev–Trinajstić information content (AvgIpc) is 3.54. The van der Waals surface area contributed by atoms with Crippen LogP contribution < -0.4 is 9.46 Å². The third kappa shape index (κ3) is 4.22. The molecule has 2 heterocycles. The fourth-order valence-electron chi connectivity index (χ4n) is 4.43. The lowest BCUT2D eigenvalue weighted by molar-refractivity contribution is 0.0596. The van der Waals surface area contributed by atoms with Crippen molar-refractivity contribution in [3.63, 3.8) is 0 Å². The van der Waals surface area contributed by atoms with Gasteiger partial charge in [0.2, 0.25) is 0 Å². The maximum absolute atomic E-state index is 13.9. The molecule has 2 aromatic carbocycles. The predicted molar refractivity (Wildman–Crippen MR) is 121 cm³/mol. The van der Waals surface area contributed by atoms with Crippen LogP contribution in [0.5, 0.6) is 5.75 Å². The number of methoxy groups -OCH3 is 1. The first-order chi connectivity index (χ1) is 15.9. The monoisotopic (exact) mass is 472 g/mol. The highest BCUT2D eigenvalue weighted by molar-refractivity contribution is 7.92. The van der Waals surface area contributed by atoms with Gasteiger partial charge in [-0.3, -0.25) is 9.62 Å². The molecule has 5 rings (SSSR count). The Labute approximate surface area is 192 Å². The van der Waals surface area contributed by atoms with Gasteiger partial charge < -0.3 is 9.47 Å². The molecule has 2 aromatic rings. The molecule has 2 unspecified atom stereocenters. The Morgan fingerprint density at radius 1 is 1.30 bits per heavy atom. The van der Waals surface area contributed by atoms with E-state index in [9.17, 15) is 17.6 Å². The summed E-state index contributed by atoms with van der Waals surface area (Å²) in [5.74, 6) is -0.0839. The number of carbonyl (C=O) groups excluding carboxylic acids is 1. The SMILES string of the molecule is COC(=O)c1c(NS(=O)(=O)c2ccc(F)cc2C=CCN2CCC2)ccc2c1OCC1CC21. The van der Waals surface area contributed by atoms with Gasteiger partial charge in [-0.15, -0.1) is 0 Å². The maximum atomic E-state index is 13.9. The summed E-state index contributed by atoms with van der Waals surface area (Å²) >= 11 is 0. The smallest absolute Gasteiger partial charge is 0.343 e. The number of halogens is 1. The highest BCUT2D eigenvalue weighted by atomic mass is 32.2. The molecule has 2 aliphatic heterocycles. The molecule has 7 nitrogen and oxygen atoms in total. The number of hydrogen-bond donors (Lipinski definition) is 1. The van der Waals surface area contributed by atoms with Crippen LogP contribution in [0.1, 0.15) is 40.2 Å². The van der Waals surface area contributed by atoms with Crippen molar-refractivity contribution in [1.29, 1.82) is 0 Å². The van der Waals surface area contributed by atoms with Crippen molar-refractivity contribution in [2.75, 3.05) is 38.1 Å². The summed E-state index contributed by atoms with van der Waals surface area (Å²) in [5.41, 5.74) is 1.25. The van der Waals surface area contributed by atoms with Gasteiger partial charge in [-0.2, -0.15) is 0 Å². The molecule has 1 aliphatic carbocycles. The molecule has 1 saturated carbocycles. The lowest BCUT2D eigenvalue weighted by Gasteiger charge is -2.29. The van der Waals surface area contributed by atoms with Crippen molar-refractivity contribution >= 4 is 27.8 Å². The number of benzene rings is 2. The third-order valence-electron chi connectivity index (χ3n) is 6.46. The van der Waals surface area contributed by atoms with E-state index < -0.39 is 21.8 Å². The van der Waals surface area contributed by atoms with E-state index in [1.165, 1.54) is 19.2 Å². The summed E-state index contributed by atoms with van der Waals surface area (Å²) in [5, 5.41) is 0.